The lowest BCUT2D eigenvalue weighted by molar-refractivity contribution is 0.0500. The van der Waals surface area contributed by atoms with Gasteiger partial charge in [0, 0.05) is 56.3 Å². The number of ether oxygens (including phenoxy) is 2. The summed E-state index contributed by atoms with van der Waals surface area (Å²) in [7, 11) is 1.69. The van der Waals surface area contributed by atoms with E-state index in [0.29, 0.717) is 24.1 Å². The molecule has 3 heterocycles. The molecule has 2 aliphatic heterocycles. The number of carbonyl (C=O) groups is 2. The molecule has 10 heteroatoms. The van der Waals surface area contributed by atoms with Crippen molar-refractivity contribution >= 4 is 28.6 Å². The number of anilines is 1. The third-order valence-corrected chi connectivity index (χ3v) is 10.2. The highest BCUT2D eigenvalue weighted by atomic mass is 32.1. The number of urea groups is 1. The van der Waals surface area contributed by atoms with Crippen LogP contribution in [-0.4, -0.2) is 84.2 Å². The number of thiazole rings is 1. The number of hydrogen-bond donors (Lipinski definition) is 1. The van der Waals surface area contributed by atoms with Gasteiger partial charge in [0.15, 0.2) is 5.13 Å². The second-order valence-corrected chi connectivity index (χ2v) is 13.3. The average molecular weight is 632 g/mol. The van der Waals surface area contributed by atoms with Crippen molar-refractivity contribution in [3.05, 3.63) is 65.0 Å². The standard InChI is InChI=1S/C35H45N5O4S/c1-43-32-16-15-28(27-12-6-3-7-13-27)22-30(32)31-25-45-33(36-31)37-34(41)39-20-18-38(19-21-39)23-29-14-8-9-17-40(29)35(42)44-24-26-10-4-2-5-11-26/h2,4-5,10-11,15-16,22,25,27,29H,3,6-9,12-14,17-21,23-24H2,1H3,(H,36,37,41). The number of amides is 3. The molecule has 0 spiro atoms. The lowest BCUT2D eigenvalue weighted by Gasteiger charge is -2.40. The van der Waals surface area contributed by atoms with E-state index in [0.717, 1.165) is 68.0 Å². The van der Waals surface area contributed by atoms with Crippen LogP contribution in [0.25, 0.3) is 11.3 Å². The monoisotopic (exact) mass is 631 g/mol. The Morgan fingerprint density at radius 2 is 1.71 bits per heavy atom. The fourth-order valence-corrected chi connectivity index (χ4v) is 7.61. The second kappa shape index (κ2) is 15.1. The van der Waals surface area contributed by atoms with E-state index < -0.39 is 0 Å². The molecule has 0 bridgehead atoms. The lowest BCUT2D eigenvalue weighted by Crippen LogP contribution is -2.55. The molecule has 6 rings (SSSR count). The van der Waals surface area contributed by atoms with Crippen molar-refractivity contribution in [3.8, 4) is 17.0 Å². The largest absolute Gasteiger partial charge is 0.496 e. The van der Waals surface area contributed by atoms with Crippen LogP contribution in [0.1, 0.15) is 68.4 Å². The predicted octanol–water partition coefficient (Wildman–Crippen LogP) is 7.21. The van der Waals surface area contributed by atoms with E-state index in [1.165, 1.54) is 49.0 Å². The number of piperazine rings is 1. The summed E-state index contributed by atoms with van der Waals surface area (Å²) in [6, 6.07) is 16.3. The van der Waals surface area contributed by atoms with Gasteiger partial charge in [0.2, 0.25) is 0 Å². The Bertz CT molecular complexity index is 1420. The van der Waals surface area contributed by atoms with Crippen LogP contribution in [0.5, 0.6) is 5.75 Å². The molecule has 1 unspecified atom stereocenters. The van der Waals surface area contributed by atoms with Crippen molar-refractivity contribution in [2.75, 3.05) is 51.7 Å². The van der Waals surface area contributed by atoms with Gasteiger partial charge in [-0.15, -0.1) is 11.3 Å². The number of carbonyl (C=O) groups excluding carboxylic acids is 2. The van der Waals surface area contributed by atoms with Crippen molar-refractivity contribution in [3.63, 3.8) is 0 Å². The number of benzene rings is 2. The number of piperidine rings is 1. The molecule has 3 amide bonds. The first kappa shape index (κ1) is 31.4. The molecular weight excluding hydrogens is 586 g/mol. The minimum Gasteiger partial charge on any atom is -0.496 e. The molecule has 3 aliphatic rings. The maximum atomic E-state index is 13.2. The summed E-state index contributed by atoms with van der Waals surface area (Å²) in [5, 5.41) is 5.62. The number of methoxy groups -OCH3 is 1. The molecule has 3 fully saturated rings. The summed E-state index contributed by atoms with van der Waals surface area (Å²) in [5.74, 6) is 1.39. The van der Waals surface area contributed by atoms with Crippen LogP contribution in [-0.2, 0) is 11.3 Å². The maximum Gasteiger partial charge on any atom is 0.410 e. The SMILES string of the molecule is COc1ccc(C2CCCCC2)cc1-c1csc(NC(=O)N2CCN(CC3CCCCN3C(=O)OCc3ccccc3)CC2)n1. The quantitative estimate of drug-likeness (QED) is 0.283. The number of rotatable bonds is 8. The zero-order chi connectivity index (χ0) is 31.0. The Labute approximate surface area is 270 Å². The Kier molecular flexibility index (Phi) is 10.5. The third kappa shape index (κ3) is 7.97. The van der Waals surface area contributed by atoms with Crippen molar-refractivity contribution in [2.24, 2.45) is 0 Å². The number of aromatic nitrogens is 1. The minimum absolute atomic E-state index is 0.123. The van der Waals surface area contributed by atoms with Crippen LogP contribution >= 0.6 is 11.3 Å². The van der Waals surface area contributed by atoms with E-state index in [1.54, 1.807) is 7.11 Å². The van der Waals surface area contributed by atoms with Gasteiger partial charge in [0.1, 0.15) is 12.4 Å². The van der Waals surface area contributed by atoms with Gasteiger partial charge < -0.3 is 19.3 Å². The molecule has 2 saturated heterocycles. The van der Waals surface area contributed by atoms with Crippen molar-refractivity contribution in [1.82, 2.24) is 19.7 Å². The molecular formula is C35H45N5O4S. The van der Waals surface area contributed by atoms with E-state index in [2.05, 4.69) is 28.4 Å². The molecule has 1 atom stereocenters. The summed E-state index contributed by atoms with van der Waals surface area (Å²) >= 11 is 1.44. The van der Waals surface area contributed by atoms with Gasteiger partial charge in [-0.05, 0) is 61.3 Å². The molecule has 45 heavy (non-hydrogen) atoms. The van der Waals surface area contributed by atoms with Crippen molar-refractivity contribution < 1.29 is 19.1 Å². The molecule has 1 aliphatic carbocycles. The van der Waals surface area contributed by atoms with Crippen LogP contribution in [0.15, 0.2) is 53.9 Å². The van der Waals surface area contributed by atoms with Gasteiger partial charge in [0.05, 0.1) is 12.8 Å². The first-order chi connectivity index (χ1) is 22.1. The summed E-state index contributed by atoms with van der Waals surface area (Å²) in [6.07, 6.45) is 9.23. The van der Waals surface area contributed by atoms with E-state index in [1.807, 2.05) is 45.5 Å². The molecule has 1 aromatic heterocycles. The van der Waals surface area contributed by atoms with Crippen LogP contribution in [0.2, 0.25) is 0 Å². The maximum absolute atomic E-state index is 13.2. The van der Waals surface area contributed by atoms with E-state index in [9.17, 15) is 9.59 Å². The molecule has 0 radical (unpaired) electrons. The highest BCUT2D eigenvalue weighted by Crippen LogP contribution is 2.38. The van der Waals surface area contributed by atoms with E-state index in [4.69, 9.17) is 14.5 Å². The Morgan fingerprint density at radius 1 is 0.933 bits per heavy atom. The van der Waals surface area contributed by atoms with Gasteiger partial charge in [-0.3, -0.25) is 10.2 Å². The number of nitrogens with zero attached hydrogens (tertiary/aromatic N) is 4. The Morgan fingerprint density at radius 3 is 2.49 bits per heavy atom. The van der Waals surface area contributed by atoms with Crippen LogP contribution in [0.4, 0.5) is 14.7 Å². The summed E-state index contributed by atoms with van der Waals surface area (Å²) < 4.78 is 11.3. The van der Waals surface area contributed by atoms with Crippen LogP contribution in [0.3, 0.4) is 0 Å². The van der Waals surface area contributed by atoms with Crippen molar-refractivity contribution in [2.45, 2.75) is 69.9 Å². The topological polar surface area (TPSA) is 87.2 Å². The number of likely N-dealkylation sites (tertiary alicyclic amines) is 1. The predicted molar refractivity (Wildman–Crippen MR) is 178 cm³/mol. The fraction of sp³-hybridized carbons (Fsp3) is 0.514. The lowest BCUT2D eigenvalue weighted by atomic mass is 9.83. The molecule has 2 aromatic carbocycles. The first-order valence-corrected chi connectivity index (χ1v) is 17.3. The highest BCUT2D eigenvalue weighted by Gasteiger charge is 2.31. The molecule has 1 N–H and O–H groups in total. The smallest absolute Gasteiger partial charge is 0.410 e. The molecule has 240 valence electrons. The Hall–Kier alpha value is -3.63. The third-order valence-electron chi connectivity index (χ3n) is 9.49. The van der Waals surface area contributed by atoms with E-state index in [-0.39, 0.29) is 24.8 Å². The van der Waals surface area contributed by atoms with Crippen molar-refractivity contribution in [1.29, 1.82) is 0 Å². The zero-order valence-electron chi connectivity index (χ0n) is 26.3. The van der Waals surface area contributed by atoms with Gasteiger partial charge in [0.25, 0.3) is 0 Å². The van der Waals surface area contributed by atoms with Crippen LogP contribution < -0.4 is 10.1 Å². The first-order valence-electron chi connectivity index (χ1n) is 16.5. The van der Waals surface area contributed by atoms with Crippen LogP contribution in [0, 0.1) is 0 Å². The molecule has 9 nitrogen and oxygen atoms in total. The Balaban J connectivity index is 1.000. The summed E-state index contributed by atoms with van der Waals surface area (Å²) in [5.41, 5.74) is 4.15. The second-order valence-electron chi connectivity index (χ2n) is 12.4. The van der Waals surface area contributed by atoms with E-state index >= 15 is 0 Å². The molecule has 1 saturated carbocycles. The average Bonchev–Trinajstić information content (AvgIpc) is 3.56. The number of hydrogen-bond acceptors (Lipinski definition) is 7. The highest BCUT2D eigenvalue weighted by molar-refractivity contribution is 7.14. The van der Waals surface area contributed by atoms with Gasteiger partial charge >= 0.3 is 12.1 Å². The normalized spacial score (nSPS) is 19.7. The summed E-state index contributed by atoms with van der Waals surface area (Å²) in [6.45, 7) is 4.62. The summed E-state index contributed by atoms with van der Waals surface area (Å²) in [4.78, 5) is 37.1. The van der Waals surface area contributed by atoms with Gasteiger partial charge in [-0.25, -0.2) is 14.6 Å². The fourth-order valence-electron chi connectivity index (χ4n) is 6.91. The molecule has 3 aromatic rings. The van der Waals surface area contributed by atoms with Gasteiger partial charge in [-0.2, -0.15) is 0 Å². The number of nitrogens with one attached hydrogen (secondary N) is 1. The van der Waals surface area contributed by atoms with Gasteiger partial charge in [-0.1, -0.05) is 55.7 Å². The minimum atomic E-state index is -0.234. The zero-order valence-corrected chi connectivity index (χ0v) is 27.1.